The van der Waals surface area contributed by atoms with Crippen molar-refractivity contribution in [3.8, 4) is 0 Å². The van der Waals surface area contributed by atoms with Crippen molar-refractivity contribution in [2.45, 2.75) is 25.0 Å². The van der Waals surface area contributed by atoms with Gasteiger partial charge in [0.05, 0.1) is 5.60 Å². The molecule has 1 fully saturated rings. The van der Waals surface area contributed by atoms with Gasteiger partial charge in [-0.3, -0.25) is 0 Å². The van der Waals surface area contributed by atoms with Crippen molar-refractivity contribution in [2.24, 2.45) is 5.73 Å². The van der Waals surface area contributed by atoms with E-state index < -0.39 is 5.60 Å². The van der Waals surface area contributed by atoms with Gasteiger partial charge in [0.2, 0.25) is 5.95 Å². The molecule has 0 bridgehead atoms. The highest BCUT2D eigenvalue weighted by molar-refractivity contribution is 5.29. The molecule has 0 aromatic carbocycles. The molecule has 6 heteroatoms. The van der Waals surface area contributed by atoms with E-state index in [9.17, 15) is 5.11 Å². The van der Waals surface area contributed by atoms with Gasteiger partial charge in [0.25, 0.3) is 0 Å². The zero-order valence-electron chi connectivity index (χ0n) is 10.7. The Balaban J connectivity index is 1.99. The Morgan fingerprint density at radius 3 is 2.56 bits per heavy atom. The van der Waals surface area contributed by atoms with Crippen molar-refractivity contribution in [1.29, 1.82) is 0 Å². The molecule has 0 radical (unpaired) electrons. The highest BCUT2D eigenvalue weighted by Gasteiger charge is 2.31. The third-order valence-electron chi connectivity index (χ3n) is 3.22. The van der Waals surface area contributed by atoms with Crippen LogP contribution in [0.1, 0.15) is 18.4 Å². The summed E-state index contributed by atoms with van der Waals surface area (Å²) in [5.74, 6) is 0.604. The molecule has 1 aliphatic heterocycles. The third kappa shape index (κ3) is 3.16. The summed E-state index contributed by atoms with van der Waals surface area (Å²) in [5, 5.41) is 10.4. The van der Waals surface area contributed by atoms with Crippen LogP contribution in [0, 0.1) is 0 Å². The van der Waals surface area contributed by atoms with Gasteiger partial charge in [0.15, 0.2) is 0 Å². The highest BCUT2D eigenvalue weighted by atomic mass is 16.5. The van der Waals surface area contributed by atoms with E-state index >= 15 is 0 Å². The number of nitrogens with two attached hydrogens (primary N) is 1. The average molecular weight is 252 g/mol. The first-order valence-electron chi connectivity index (χ1n) is 6.15. The molecule has 0 saturated carbocycles. The number of hydrogen-bond donors (Lipinski definition) is 2. The number of anilines is 1. The van der Waals surface area contributed by atoms with E-state index in [2.05, 4.69) is 9.97 Å². The lowest BCUT2D eigenvalue weighted by Crippen LogP contribution is -2.46. The van der Waals surface area contributed by atoms with Gasteiger partial charge >= 0.3 is 0 Å². The monoisotopic (exact) mass is 252 g/mol. The van der Waals surface area contributed by atoms with Crippen LogP contribution in [0.2, 0.25) is 0 Å². The minimum Gasteiger partial charge on any atom is -0.388 e. The van der Waals surface area contributed by atoms with Crippen LogP contribution in [0.4, 0.5) is 5.95 Å². The second kappa shape index (κ2) is 5.60. The van der Waals surface area contributed by atoms with Crippen molar-refractivity contribution in [3.63, 3.8) is 0 Å². The number of hydrogen-bond acceptors (Lipinski definition) is 6. The lowest BCUT2D eigenvalue weighted by molar-refractivity contribution is -0.0574. The van der Waals surface area contributed by atoms with E-state index in [1.54, 1.807) is 12.4 Å². The summed E-state index contributed by atoms with van der Waals surface area (Å²) in [6, 6.07) is 0. The Kier molecular flexibility index (Phi) is 4.11. The number of rotatable bonds is 4. The van der Waals surface area contributed by atoms with Gasteiger partial charge in [-0.05, 0) is 0 Å². The summed E-state index contributed by atoms with van der Waals surface area (Å²) < 4.78 is 5.26. The topological polar surface area (TPSA) is 84.5 Å². The SMILES string of the molecule is CN(CC1(O)CCOCC1)c1ncc(CN)cn1. The van der Waals surface area contributed by atoms with Crippen LogP contribution < -0.4 is 10.6 Å². The number of aromatic nitrogens is 2. The lowest BCUT2D eigenvalue weighted by Gasteiger charge is -2.35. The van der Waals surface area contributed by atoms with Crippen LogP contribution in [0.25, 0.3) is 0 Å². The van der Waals surface area contributed by atoms with Gasteiger partial charge < -0.3 is 20.5 Å². The second-order valence-electron chi connectivity index (χ2n) is 4.79. The van der Waals surface area contributed by atoms with Crippen molar-refractivity contribution in [2.75, 3.05) is 31.7 Å². The second-order valence-corrected chi connectivity index (χ2v) is 4.79. The molecule has 3 N–H and O–H groups in total. The van der Waals surface area contributed by atoms with E-state index in [1.165, 1.54) is 0 Å². The maximum atomic E-state index is 10.4. The molecule has 1 aromatic rings. The maximum absolute atomic E-state index is 10.4. The maximum Gasteiger partial charge on any atom is 0.225 e. The van der Waals surface area contributed by atoms with Crippen LogP contribution >= 0.6 is 0 Å². The molecule has 1 saturated heterocycles. The van der Waals surface area contributed by atoms with E-state index in [0.29, 0.717) is 45.1 Å². The van der Waals surface area contributed by atoms with Gasteiger partial charge in [-0.2, -0.15) is 0 Å². The van der Waals surface area contributed by atoms with E-state index in [4.69, 9.17) is 10.5 Å². The first-order valence-corrected chi connectivity index (χ1v) is 6.15. The van der Waals surface area contributed by atoms with Gasteiger partial charge in [0, 0.05) is 64.1 Å². The Hall–Kier alpha value is -1.24. The Morgan fingerprint density at radius 2 is 2.00 bits per heavy atom. The van der Waals surface area contributed by atoms with Crippen molar-refractivity contribution in [3.05, 3.63) is 18.0 Å². The molecular weight excluding hydrogens is 232 g/mol. The number of nitrogens with zero attached hydrogens (tertiary/aromatic N) is 3. The molecule has 0 aliphatic carbocycles. The fourth-order valence-corrected chi connectivity index (χ4v) is 2.07. The Bertz CT molecular complexity index is 376. The van der Waals surface area contributed by atoms with E-state index in [0.717, 1.165) is 5.56 Å². The Labute approximate surface area is 107 Å². The summed E-state index contributed by atoms with van der Waals surface area (Å²) in [6.45, 7) is 2.16. The van der Waals surface area contributed by atoms with Crippen LogP contribution in [0.3, 0.4) is 0 Å². The van der Waals surface area contributed by atoms with Crippen LogP contribution in [0.15, 0.2) is 12.4 Å². The molecule has 1 aromatic heterocycles. The standard InChI is InChI=1S/C12H20N4O2/c1-16(9-12(17)2-4-18-5-3-12)11-14-7-10(6-13)8-15-11/h7-8,17H,2-6,9,13H2,1H3. The molecule has 2 heterocycles. The van der Waals surface area contributed by atoms with E-state index in [-0.39, 0.29) is 0 Å². The normalized spacial score (nSPS) is 18.6. The molecule has 1 aliphatic rings. The smallest absolute Gasteiger partial charge is 0.225 e. The first kappa shape index (κ1) is 13.2. The zero-order valence-corrected chi connectivity index (χ0v) is 10.7. The molecule has 0 atom stereocenters. The summed E-state index contributed by atoms with van der Waals surface area (Å²) in [6.07, 6.45) is 4.73. The highest BCUT2D eigenvalue weighted by Crippen LogP contribution is 2.22. The molecule has 2 rings (SSSR count). The van der Waals surface area contributed by atoms with Gasteiger partial charge in [-0.25, -0.2) is 9.97 Å². The number of aliphatic hydroxyl groups is 1. The van der Waals surface area contributed by atoms with Gasteiger partial charge in [0.1, 0.15) is 0 Å². The molecule has 0 spiro atoms. The van der Waals surface area contributed by atoms with Crippen LogP contribution in [0.5, 0.6) is 0 Å². The average Bonchev–Trinajstić information content (AvgIpc) is 2.39. The molecule has 18 heavy (non-hydrogen) atoms. The van der Waals surface area contributed by atoms with Crippen molar-refractivity contribution >= 4 is 5.95 Å². The van der Waals surface area contributed by atoms with Crippen molar-refractivity contribution < 1.29 is 9.84 Å². The number of likely N-dealkylation sites (N-methyl/N-ethyl adjacent to an activating group) is 1. The van der Waals surface area contributed by atoms with Crippen molar-refractivity contribution in [1.82, 2.24) is 9.97 Å². The van der Waals surface area contributed by atoms with Gasteiger partial charge in [-0.1, -0.05) is 0 Å². The summed E-state index contributed by atoms with van der Waals surface area (Å²) in [7, 11) is 1.88. The minimum absolute atomic E-state index is 0.436. The van der Waals surface area contributed by atoms with Crippen LogP contribution in [-0.4, -0.2) is 47.5 Å². The van der Waals surface area contributed by atoms with Gasteiger partial charge in [-0.15, -0.1) is 0 Å². The molecular formula is C12H20N4O2. The summed E-state index contributed by atoms with van der Waals surface area (Å²) >= 11 is 0. The fourth-order valence-electron chi connectivity index (χ4n) is 2.07. The van der Waals surface area contributed by atoms with E-state index in [1.807, 2.05) is 11.9 Å². The summed E-state index contributed by atoms with van der Waals surface area (Å²) in [4.78, 5) is 10.3. The minimum atomic E-state index is -0.705. The lowest BCUT2D eigenvalue weighted by atomic mass is 9.94. The quantitative estimate of drug-likeness (QED) is 0.779. The first-order chi connectivity index (χ1) is 8.63. The predicted molar refractivity (Wildman–Crippen MR) is 68.2 cm³/mol. The molecule has 6 nitrogen and oxygen atoms in total. The number of ether oxygens (including phenoxy) is 1. The molecule has 0 unspecified atom stereocenters. The summed E-state index contributed by atoms with van der Waals surface area (Å²) in [5.41, 5.74) is 5.69. The third-order valence-corrected chi connectivity index (χ3v) is 3.22. The fraction of sp³-hybridized carbons (Fsp3) is 0.667. The molecule has 0 amide bonds. The predicted octanol–water partition coefficient (Wildman–Crippen LogP) is -0.0870. The Morgan fingerprint density at radius 1 is 1.39 bits per heavy atom. The zero-order chi connectivity index (χ0) is 13.0. The largest absolute Gasteiger partial charge is 0.388 e. The molecule has 100 valence electrons. The van der Waals surface area contributed by atoms with Crippen LogP contribution in [-0.2, 0) is 11.3 Å².